The molecule has 0 saturated heterocycles. The maximum atomic E-state index is 8.94. The molecule has 38 valence electrons. The Morgan fingerprint density at radius 3 is 1.29 bits per heavy atom. The van der Waals surface area contributed by atoms with E-state index >= 15 is 0 Å². The number of hydrogen-bond donors (Lipinski definition) is 3. The van der Waals surface area contributed by atoms with Crippen molar-refractivity contribution in [2.24, 2.45) is 0 Å². The Kier molecular flexibility index (Phi) is 16.8. The van der Waals surface area contributed by atoms with E-state index in [2.05, 4.69) is 0 Å². The summed E-state index contributed by atoms with van der Waals surface area (Å²) in [4.78, 5) is 0. The molecule has 0 radical (unpaired) electrons. The van der Waals surface area contributed by atoms with Crippen LogP contribution in [0.3, 0.4) is 0 Å². The first-order chi connectivity index (χ1) is 2.00. The summed E-state index contributed by atoms with van der Waals surface area (Å²) >= 11 is -5.12. The zero-order valence-electron chi connectivity index (χ0n) is 4.70. The Balaban J connectivity index is -0.0000000267. The van der Waals surface area contributed by atoms with Gasteiger partial charge in [0.15, 0.2) is 0 Å². The molecule has 0 fully saturated rings. The van der Waals surface area contributed by atoms with Gasteiger partial charge in [0.2, 0.25) is 0 Å². The Labute approximate surface area is 119 Å². The van der Waals surface area contributed by atoms with Gasteiger partial charge in [-0.25, -0.2) is 0 Å². The molecule has 0 aliphatic heterocycles. The fraction of sp³-hybridized carbons (Fsp3) is 0. The van der Waals surface area contributed by atoms with Crippen LogP contribution in [0.2, 0.25) is 0 Å². The first kappa shape index (κ1) is 16.5. The molecule has 0 bridgehead atoms. The van der Waals surface area contributed by atoms with Crippen molar-refractivity contribution in [1.82, 2.24) is 0 Å². The van der Waals surface area contributed by atoms with Crippen LogP contribution in [-0.4, -0.2) is 26.8 Å². The van der Waals surface area contributed by atoms with Gasteiger partial charge in [-0.1, -0.05) is 0 Å². The van der Waals surface area contributed by atoms with Crippen LogP contribution in [0, 0.1) is 0 Å². The number of rotatable bonds is 0. The van der Waals surface area contributed by atoms with Crippen LogP contribution in [-0.2, 0) is 25.5 Å². The van der Waals surface area contributed by atoms with Crippen molar-refractivity contribution >= 4 is 14.5 Å². The van der Waals surface area contributed by atoms with E-state index in [1.54, 1.807) is 0 Å². The molecule has 0 aromatic rings. The van der Waals surface area contributed by atoms with E-state index in [-0.39, 0.29) is 92.0 Å². The Hall–Kier alpha value is 3.00. The Bertz CT molecular complexity index is 62.2. The smallest absolute Gasteiger partial charge is 1.00 e. The molecule has 7 heavy (non-hydrogen) atoms. The standard InChI is InChI=1S/AsH3O4.Cs.Ti.H/c2-1(3,4)5;;;/h(H3,2,3,4,5);;;/q;+1;;-1. The van der Waals surface area contributed by atoms with E-state index in [0.717, 1.165) is 0 Å². The normalized spacial score (nSPS) is 8.43. The second-order valence-corrected chi connectivity index (χ2v) is 2.67. The fourth-order valence-corrected chi connectivity index (χ4v) is 0. The molecule has 0 spiro atoms. The van der Waals surface area contributed by atoms with Crippen molar-refractivity contribution in [3.8, 4) is 0 Å². The van der Waals surface area contributed by atoms with Gasteiger partial charge in [-0.2, -0.15) is 0 Å². The van der Waals surface area contributed by atoms with Crippen molar-refractivity contribution in [2.45, 2.75) is 0 Å². The predicted octanol–water partition coefficient (Wildman–Crippen LogP) is -5.06. The molecule has 0 aromatic carbocycles. The minimum atomic E-state index is -5.12. The molecule has 7 heteroatoms. The van der Waals surface area contributed by atoms with E-state index in [0.29, 0.717) is 0 Å². The molecule has 0 aliphatic rings. The summed E-state index contributed by atoms with van der Waals surface area (Å²) in [5, 5.41) is 0. The number of hydrogen-bond acceptors (Lipinski definition) is 1. The molecule has 4 nitrogen and oxygen atoms in total. The maximum absolute atomic E-state index is 8.94. The molecular weight excluding hydrogens is 320 g/mol. The Morgan fingerprint density at radius 2 is 1.29 bits per heavy atom. The van der Waals surface area contributed by atoms with Crippen LogP contribution in [0.4, 0.5) is 0 Å². The Morgan fingerprint density at radius 1 is 1.29 bits per heavy atom. The van der Waals surface area contributed by atoms with Crippen LogP contribution in [0.5, 0.6) is 0 Å². The van der Waals surface area contributed by atoms with Crippen molar-refractivity contribution in [3.05, 3.63) is 0 Å². The minimum Gasteiger partial charge on any atom is -1.00 e. The van der Waals surface area contributed by atoms with Gasteiger partial charge in [-0.05, 0) is 0 Å². The van der Waals surface area contributed by atoms with Gasteiger partial charge < -0.3 is 1.43 Å². The van der Waals surface area contributed by atoms with Gasteiger partial charge in [0, 0.05) is 21.7 Å². The van der Waals surface area contributed by atoms with Gasteiger partial charge in [-0.15, -0.1) is 0 Å². The molecule has 0 atom stereocenters. The summed E-state index contributed by atoms with van der Waals surface area (Å²) in [6.07, 6.45) is 0. The predicted molar refractivity (Wildman–Crippen MR) is 14.2 cm³/mol. The van der Waals surface area contributed by atoms with Gasteiger partial charge in [0.1, 0.15) is 0 Å². The van der Waals surface area contributed by atoms with Crippen molar-refractivity contribution in [2.75, 3.05) is 0 Å². The zero-order valence-corrected chi connectivity index (χ0v) is 13.4. The second kappa shape index (κ2) is 7.12. The summed E-state index contributed by atoms with van der Waals surface area (Å²) in [5.41, 5.74) is 0. The van der Waals surface area contributed by atoms with Gasteiger partial charge in [-0.3, -0.25) is 0 Å². The molecular formula is H4AsCsO4Ti. The van der Waals surface area contributed by atoms with Crippen LogP contribution in [0.25, 0.3) is 0 Å². The van der Waals surface area contributed by atoms with Crippen LogP contribution < -0.4 is 68.9 Å². The van der Waals surface area contributed by atoms with Crippen molar-refractivity contribution < 1.29 is 108 Å². The van der Waals surface area contributed by atoms with E-state index < -0.39 is 14.5 Å². The molecule has 0 heterocycles. The van der Waals surface area contributed by atoms with E-state index in [1.165, 1.54) is 0 Å². The van der Waals surface area contributed by atoms with Crippen molar-refractivity contribution in [3.63, 3.8) is 0 Å². The summed E-state index contributed by atoms with van der Waals surface area (Å²) in [6, 6.07) is 0. The average Bonchev–Trinajstić information content (AvgIpc) is 0.722. The third kappa shape index (κ3) is 48.9. The van der Waals surface area contributed by atoms with Gasteiger partial charge in [0.25, 0.3) is 0 Å². The SMILES string of the molecule is O=[As](O)(O)O.[Cs+].[H-].[Ti]. The van der Waals surface area contributed by atoms with Gasteiger partial charge in [0.05, 0.1) is 0 Å². The van der Waals surface area contributed by atoms with Crippen molar-refractivity contribution in [1.29, 1.82) is 0 Å². The monoisotopic (exact) mass is 324 g/mol. The van der Waals surface area contributed by atoms with E-state index in [4.69, 9.17) is 16.0 Å². The minimum absolute atomic E-state index is 0. The first-order valence-electron chi connectivity index (χ1n) is 0.783. The summed E-state index contributed by atoms with van der Waals surface area (Å²) in [7, 11) is 0. The third-order valence-electron chi connectivity index (χ3n) is 0. The first-order valence-corrected chi connectivity index (χ1v) is 4.07. The molecule has 0 rings (SSSR count). The molecule has 0 aliphatic carbocycles. The zero-order chi connectivity index (χ0) is 4.50. The molecule has 0 amide bonds. The van der Waals surface area contributed by atoms with Crippen LogP contribution >= 0.6 is 0 Å². The third-order valence-corrected chi connectivity index (χ3v) is 0. The second-order valence-electron chi connectivity index (χ2n) is 0.513. The van der Waals surface area contributed by atoms with Crippen LogP contribution in [0.1, 0.15) is 1.43 Å². The maximum Gasteiger partial charge on any atom is 1.00 e. The molecule has 0 unspecified atom stereocenters. The molecule has 0 saturated carbocycles. The van der Waals surface area contributed by atoms with E-state index in [1.807, 2.05) is 0 Å². The average molecular weight is 324 g/mol. The topological polar surface area (TPSA) is 77.8 Å². The molecule has 0 aromatic heterocycles. The summed E-state index contributed by atoms with van der Waals surface area (Å²) in [6.45, 7) is 0. The molecule has 3 N–H and O–H groups in total. The van der Waals surface area contributed by atoms with E-state index in [9.17, 15) is 0 Å². The van der Waals surface area contributed by atoms with Crippen LogP contribution in [0.15, 0.2) is 0 Å². The summed E-state index contributed by atoms with van der Waals surface area (Å²) < 4.78 is 30.7. The summed E-state index contributed by atoms with van der Waals surface area (Å²) in [5.74, 6) is 0. The van der Waals surface area contributed by atoms with Gasteiger partial charge >= 0.3 is 99.4 Å². The largest absolute Gasteiger partial charge is 1.00 e. The fourth-order valence-electron chi connectivity index (χ4n) is 0. The quantitative estimate of drug-likeness (QED) is 0.390.